The summed E-state index contributed by atoms with van der Waals surface area (Å²) in [4.78, 5) is 18.6. The maximum atomic E-state index is 12.2. The summed E-state index contributed by atoms with van der Waals surface area (Å²) in [6.45, 7) is 7.48. The van der Waals surface area contributed by atoms with Gasteiger partial charge >= 0.3 is 0 Å². The summed E-state index contributed by atoms with van der Waals surface area (Å²) < 4.78 is 10.4. The molecule has 0 bridgehead atoms. The molecule has 0 radical (unpaired) electrons. The summed E-state index contributed by atoms with van der Waals surface area (Å²) in [5.41, 5.74) is 2.42. The topological polar surface area (TPSA) is 80.5 Å². The van der Waals surface area contributed by atoms with Crippen LogP contribution in [0.1, 0.15) is 28.9 Å². The van der Waals surface area contributed by atoms with Crippen LogP contribution >= 0.6 is 0 Å². The number of aryl methyl sites for hydroxylation is 2. The van der Waals surface area contributed by atoms with Gasteiger partial charge in [-0.15, -0.1) is 0 Å². The molecule has 1 atom stereocenters. The molecule has 1 saturated heterocycles. The number of nitrogens with one attached hydrogen (secondary N) is 1. The zero-order valence-electron chi connectivity index (χ0n) is 14.7. The Morgan fingerprint density at radius 3 is 2.60 bits per heavy atom. The number of benzene rings is 1. The van der Waals surface area contributed by atoms with E-state index in [1.54, 1.807) is 6.92 Å². The van der Waals surface area contributed by atoms with Gasteiger partial charge < -0.3 is 14.6 Å². The van der Waals surface area contributed by atoms with Crippen molar-refractivity contribution in [3.8, 4) is 0 Å². The minimum absolute atomic E-state index is 0.105. The zero-order valence-corrected chi connectivity index (χ0v) is 14.7. The molecule has 1 aromatic carbocycles. The van der Waals surface area contributed by atoms with Gasteiger partial charge in [0.1, 0.15) is 0 Å². The molecular formula is C18H24N4O3. The van der Waals surface area contributed by atoms with Gasteiger partial charge in [0, 0.05) is 26.6 Å². The minimum Gasteiger partial charge on any atom is -0.379 e. The molecule has 1 aliphatic rings. The van der Waals surface area contributed by atoms with E-state index < -0.39 is 0 Å². The molecule has 134 valence electrons. The molecule has 1 aliphatic heterocycles. The second-order valence-corrected chi connectivity index (χ2v) is 6.29. The molecule has 2 aromatic rings. The van der Waals surface area contributed by atoms with Crippen molar-refractivity contribution in [2.24, 2.45) is 0 Å². The number of hydrogen-bond donors (Lipinski definition) is 1. The number of carbonyl (C=O) groups excluding carboxylic acids is 1. The van der Waals surface area contributed by atoms with E-state index >= 15 is 0 Å². The minimum atomic E-state index is -0.105. The average Bonchev–Trinajstić information content (AvgIpc) is 3.02. The van der Waals surface area contributed by atoms with Crippen LogP contribution in [0.15, 0.2) is 28.8 Å². The molecule has 7 nitrogen and oxygen atoms in total. The Hall–Kier alpha value is -2.25. The third-order valence-electron chi connectivity index (χ3n) is 4.33. The van der Waals surface area contributed by atoms with Gasteiger partial charge in [0.05, 0.1) is 25.7 Å². The normalized spacial score (nSPS) is 16.6. The van der Waals surface area contributed by atoms with Crippen LogP contribution in [0.4, 0.5) is 0 Å². The molecule has 1 unspecified atom stereocenters. The molecule has 1 N–H and O–H groups in total. The first-order valence-corrected chi connectivity index (χ1v) is 8.56. The van der Waals surface area contributed by atoms with Crippen LogP contribution in [0.2, 0.25) is 0 Å². The van der Waals surface area contributed by atoms with Crippen molar-refractivity contribution in [3.05, 3.63) is 47.1 Å². The summed E-state index contributed by atoms with van der Waals surface area (Å²) >= 11 is 0. The Labute approximate surface area is 147 Å². The van der Waals surface area contributed by atoms with E-state index in [1.165, 1.54) is 11.1 Å². The van der Waals surface area contributed by atoms with Gasteiger partial charge in [-0.25, -0.2) is 0 Å². The van der Waals surface area contributed by atoms with Crippen LogP contribution in [0.3, 0.4) is 0 Å². The highest BCUT2D eigenvalue weighted by Gasteiger charge is 2.23. The Morgan fingerprint density at radius 2 is 1.96 bits per heavy atom. The lowest BCUT2D eigenvalue weighted by Gasteiger charge is -2.35. The number of ether oxygens (including phenoxy) is 1. The third-order valence-corrected chi connectivity index (χ3v) is 4.33. The Kier molecular flexibility index (Phi) is 5.78. The molecule has 0 spiro atoms. The zero-order chi connectivity index (χ0) is 17.6. The molecule has 0 saturated carbocycles. The number of rotatable bonds is 6. The molecule has 2 heterocycles. The molecule has 25 heavy (non-hydrogen) atoms. The first kappa shape index (κ1) is 17.6. The van der Waals surface area contributed by atoms with Crippen molar-refractivity contribution in [1.29, 1.82) is 0 Å². The van der Waals surface area contributed by atoms with E-state index in [1.807, 2.05) is 0 Å². The largest absolute Gasteiger partial charge is 0.379 e. The van der Waals surface area contributed by atoms with Crippen molar-refractivity contribution in [2.45, 2.75) is 26.3 Å². The van der Waals surface area contributed by atoms with Gasteiger partial charge in [-0.1, -0.05) is 35.0 Å². The van der Waals surface area contributed by atoms with E-state index in [0.29, 0.717) is 18.3 Å². The fourth-order valence-electron chi connectivity index (χ4n) is 2.97. The highest BCUT2D eigenvalue weighted by atomic mass is 16.5. The SMILES string of the molecule is Cc1ccc(C(CNC(=O)Cc2noc(C)n2)N2CCOCC2)cc1. The number of nitrogens with zero attached hydrogens (tertiary/aromatic N) is 3. The highest BCUT2D eigenvalue weighted by molar-refractivity contribution is 5.77. The van der Waals surface area contributed by atoms with Gasteiger partial charge in [0.25, 0.3) is 0 Å². The van der Waals surface area contributed by atoms with E-state index in [4.69, 9.17) is 9.26 Å². The fourth-order valence-corrected chi connectivity index (χ4v) is 2.97. The molecule has 7 heteroatoms. The molecule has 1 fully saturated rings. The standard InChI is InChI=1S/C18H24N4O3/c1-13-3-5-15(6-4-13)16(22-7-9-24-10-8-22)12-19-18(23)11-17-20-14(2)25-21-17/h3-6,16H,7-12H2,1-2H3,(H,19,23). The van der Waals surface area contributed by atoms with Gasteiger partial charge in [0.15, 0.2) is 5.82 Å². The Bertz CT molecular complexity index is 693. The lowest BCUT2D eigenvalue weighted by molar-refractivity contribution is -0.120. The summed E-state index contributed by atoms with van der Waals surface area (Å²) in [6, 6.07) is 8.59. The lowest BCUT2D eigenvalue weighted by atomic mass is 10.0. The summed E-state index contributed by atoms with van der Waals surface area (Å²) in [7, 11) is 0. The number of carbonyl (C=O) groups is 1. The summed E-state index contributed by atoms with van der Waals surface area (Å²) in [5.74, 6) is 0.771. The van der Waals surface area contributed by atoms with Crippen LogP contribution in [0.5, 0.6) is 0 Å². The van der Waals surface area contributed by atoms with Crippen molar-refractivity contribution >= 4 is 5.91 Å². The van der Waals surface area contributed by atoms with Crippen molar-refractivity contribution in [2.75, 3.05) is 32.8 Å². The molecular weight excluding hydrogens is 320 g/mol. The number of amides is 1. The van der Waals surface area contributed by atoms with Crippen LogP contribution in [0.25, 0.3) is 0 Å². The molecule has 0 aliphatic carbocycles. The van der Waals surface area contributed by atoms with Crippen molar-refractivity contribution < 1.29 is 14.1 Å². The van der Waals surface area contributed by atoms with Crippen LogP contribution < -0.4 is 5.32 Å². The van der Waals surface area contributed by atoms with E-state index in [9.17, 15) is 4.79 Å². The summed E-state index contributed by atoms with van der Waals surface area (Å²) in [6.07, 6.45) is 0.126. The third kappa shape index (κ3) is 4.87. The monoisotopic (exact) mass is 344 g/mol. The number of hydrogen-bond acceptors (Lipinski definition) is 6. The first-order valence-electron chi connectivity index (χ1n) is 8.56. The Morgan fingerprint density at radius 1 is 1.24 bits per heavy atom. The highest BCUT2D eigenvalue weighted by Crippen LogP contribution is 2.21. The predicted octanol–water partition coefficient (Wildman–Crippen LogP) is 1.42. The van der Waals surface area contributed by atoms with E-state index in [2.05, 4.69) is 51.5 Å². The number of morpholine rings is 1. The van der Waals surface area contributed by atoms with Crippen LogP contribution in [0, 0.1) is 13.8 Å². The van der Waals surface area contributed by atoms with Crippen LogP contribution in [-0.4, -0.2) is 53.8 Å². The first-order chi connectivity index (χ1) is 12.1. The second-order valence-electron chi connectivity index (χ2n) is 6.29. The number of aromatic nitrogens is 2. The molecule has 1 amide bonds. The van der Waals surface area contributed by atoms with Gasteiger partial charge in [-0.2, -0.15) is 4.98 Å². The van der Waals surface area contributed by atoms with Crippen molar-refractivity contribution in [1.82, 2.24) is 20.4 Å². The second kappa shape index (κ2) is 8.22. The maximum absolute atomic E-state index is 12.2. The predicted molar refractivity (Wildman–Crippen MR) is 92.1 cm³/mol. The van der Waals surface area contributed by atoms with Gasteiger partial charge in [0.2, 0.25) is 11.8 Å². The molecule has 3 rings (SSSR count). The lowest BCUT2D eigenvalue weighted by Crippen LogP contribution is -2.44. The Balaban J connectivity index is 1.64. The van der Waals surface area contributed by atoms with Crippen LogP contribution in [-0.2, 0) is 16.0 Å². The van der Waals surface area contributed by atoms with Gasteiger partial charge in [-0.05, 0) is 12.5 Å². The maximum Gasteiger partial charge on any atom is 0.227 e. The smallest absolute Gasteiger partial charge is 0.227 e. The summed E-state index contributed by atoms with van der Waals surface area (Å²) in [5, 5.41) is 6.77. The fraction of sp³-hybridized carbons (Fsp3) is 0.500. The van der Waals surface area contributed by atoms with E-state index in [-0.39, 0.29) is 18.4 Å². The quantitative estimate of drug-likeness (QED) is 0.854. The molecule has 1 aromatic heterocycles. The van der Waals surface area contributed by atoms with Gasteiger partial charge in [-0.3, -0.25) is 9.69 Å². The van der Waals surface area contributed by atoms with Crippen molar-refractivity contribution in [3.63, 3.8) is 0 Å². The average molecular weight is 344 g/mol. The van der Waals surface area contributed by atoms with E-state index in [0.717, 1.165) is 26.3 Å².